The van der Waals surface area contributed by atoms with Gasteiger partial charge in [-0.3, -0.25) is 9.59 Å². The topological polar surface area (TPSA) is 49.4 Å². The van der Waals surface area contributed by atoms with Crippen molar-refractivity contribution in [1.29, 1.82) is 0 Å². The van der Waals surface area contributed by atoms with Crippen LogP contribution in [0.15, 0.2) is 48.5 Å². The predicted molar refractivity (Wildman–Crippen MR) is 108 cm³/mol. The Morgan fingerprint density at radius 2 is 1.78 bits per heavy atom. The van der Waals surface area contributed by atoms with Gasteiger partial charge >= 0.3 is 0 Å². The molecule has 0 bridgehead atoms. The SMILES string of the molecule is CC(C)c1ccccc1NC(=O)C1CC1C(=O)N1CCCc2ccccc21. The van der Waals surface area contributed by atoms with Crippen molar-refractivity contribution in [2.75, 3.05) is 16.8 Å². The van der Waals surface area contributed by atoms with Crippen molar-refractivity contribution in [3.8, 4) is 0 Å². The molecule has 0 spiro atoms. The van der Waals surface area contributed by atoms with Gasteiger partial charge < -0.3 is 10.2 Å². The highest BCUT2D eigenvalue weighted by Crippen LogP contribution is 2.43. The van der Waals surface area contributed by atoms with E-state index in [4.69, 9.17) is 0 Å². The van der Waals surface area contributed by atoms with Crippen LogP contribution in [0.1, 0.15) is 43.7 Å². The monoisotopic (exact) mass is 362 g/mol. The fourth-order valence-electron chi connectivity index (χ4n) is 4.06. The molecule has 0 radical (unpaired) electrons. The van der Waals surface area contributed by atoms with Crippen LogP contribution in [-0.4, -0.2) is 18.4 Å². The van der Waals surface area contributed by atoms with E-state index in [2.05, 4.69) is 25.2 Å². The summed E-state index contributed by atoms with van der Waals surface area (Å²) in [5, 5.41) is 3.05. The smallest absolute Gasteiger partial charge is 0.230 e. The average Bonchev–Trinajstić information content (AvgIpc) is 3.48. The molecule has 2 atom stereocenters. The number of fused-ring (bicyclic) bond motifs is 1. The van der Waals surface area contributed by atoms with Crippen molar-refractivity contribution in [1.82, 2.24) is 0 Å². The second-order valence-electron chi connectivity index (χ2n) is 7.90. The van der Waals surface area contributed by atoms with Gasteiger partial charge in [0.05, 0.1) is 11.8 Å². The molecular formula is C23H26N2O2. The van der Waals surface area contributed by atoms with Crippen molar-refractivity contribution in [2.45, 2.75) is 39.0 Å². The molecule has 4 rings (SSSR count). The molecule has 2 aliphatic rings. The number of carbonyl (C=O) groups is 2. The van der Waals surface area contributed by atoms with Crippen LogP contribution in [-0.2, 0) is 16.0 Å². The zero-order valence-corrected chi connectivity index (χ0v) is 15.9. The van der Waals surface area contributed by atoms with Gasteiger partial charge in [0.25, 0.3) is 0 Å². The zero-order chi connectivity index (χ0) is 19.0. The molecule has 2 amide bonds. The Hall–Kier alpha value is -2.62. The molecule has 4 nitrogen and oxygen atoms in total. The lowest BCUT2D eigenvalue weighted by molar-refractivity contribution is -0.123. The maximum absolute atomic E-state index is 13.0. The lowest BCUT2D eigenvalue weighted by Gasteiger charge is -2.29. The first kappa shape index (κ1) is 17.8. The van der Waals surface area contributed by atoms with Crippen LogP contribution < -0.4 is 10.2 Å². The third-order valence-electron chi connectivity index (χ3n) is 5.66. The first-order valence-corrected chi connectivity index (χ1v) is 9.85. The Morgan fingerprint density at radius 1 is 1.04 bits per heavy atom. The molecule has 1 fully saturated rings. The standard InChI is InChI=1S/C23H26N2O2/c1-15(2)17-10-4-5-11-20(17)24-22(26)18-14-19(18)23(27)25-13-7-9-16-8-3-6-12-21(16)25/h3-6,8,10-12,15,18-19H,7,9,13-14H2,1-2H3,(H,24,26). The second-order valence-corrected chi connectivity index (χ2v) is 7.90. The van der Waals surface area contributed by atoms with Gasteiger partial charge in [0, 0.05) is 17.9 Å². The van der Waals surface area contributed by atoms with Crippen LogP contribution in [0.5, 0.6) is 0 Å². The molecule has 1 aliphatic heterocycles. The second kappa shape index (κ2) is 7.18. The number of nitrogens with one attached hydrogen (secondary N) is 1. The number of amides is 2. The van der Waals surface area contributed by atoms with Gasteiger partial charge in [-0.1, -0.05) is 50.2 Å². The van der Waals surface area contributed by atoms with Gasteiger partial charge in [-0.15, -0.1) is 0 Å². The normalized spacial score (nSPS) is 20.9. The van der Waals surface area contributed by atoms with Crippen LogP contribution in [0.4, 0.5) is 11.4 Å². The third kappa shape index (κ3) is 3.48. The summed E-state index contributed by atoms with van der Waals surface area (Å²) in [7, 11) is 0. The lowest BCUT2D eigenvalue weighted by atomic mass is 10.0. The highest BCUT2D eigenvalue weighted by atomic mass is 16.2. The van der Waals surface area contributed by atoms with Crippen molar-refractivity contribution >= 4 is 23.2 Å². The van der Waals surface area contributed by atoms with Gasteiger partial charge in [0.2, 0.25) is 11.8 Å². The molecule has 4 heteroatoms. The summed E-state index contributed by atoms with van der Waals surface area (Å²) < 4.78 is 0. The number of carbonyl (C=O) groups excluding carboxylic acids is 2. The van der Waals surface area contributed by atoms with Gasteiger partial charge in [-0.25, -0.2) is 0 Å². The van der Waals surface area contributed by atoms with E-state index in [-0.39, 0.29) is 23.7 Å². The number of rotatable bonds is 4. The highest BCUT2D eigenvalue weighted by molar-refractivity contribution is 6.05. The van der Waals surface area contributed by atoms with E-state index in [1.807, 2.05) is 47.4 Å². The number of nitrogens with zero attached hydrogens (tertiary/aromatic N) is 1. The molecule has 1 aliphatic carbocycles. The van der Waals surface area contributed by atoms with Crippen molar-refractivity contribution in [3.63, 3.8) is 0 Å². The number of hydrogen-bond donors (Lipinski definition) is 1. The van der Waals surface area contributed by atoms with E-state index in [0.29, 0.717) is 12.3 Å². The molecule has 27 heavy (non-hydrogen) atoms. The van der Waals surface area contributed by atoms with Crippen LogP contribution >= 0.6 is 0 Å². The van der Waals surface area contributed by atoms with E-state index in [0.717, 1.165) is 36.3 Å². The predicted octanol–water partition coefficient (Wildman–Crippen LogP) is 4.36. The molecule has 2 aromatic rings. The summed E-state index contributed by atoms with van der Waals surface area (Å²) >= 11 is 0. The first-order valence-electron chi connectivity index (χ1n) is 9.85. The number of para-hydroxylation sites is 2. The van der Waals surface area contributed by atoms with Crippen LogP contribution in [0.2, 0.25) is 0 Å². The van der Waals surface area contributed by atoms with Crippen LogP contribution in [0, 0.1) is 11.8 Å². The zero-order valence-electron chi connectivity index (χ0n) is 15.9. The minimum absolute atomic E-state index is 0.0354. The third-order valence-corrected chi connectivity index (χ3v) is 5.66. The maximum atomic E-state index is 13.0. The van der Waals surface area contributed by atoms with Gasteiger partial charge in [-0.2, -0.15) is 0 Å². The lowest BCUT2D eigenvalue weighted by Crippen LogP contribution is -2.37. The quantitative estimate of drug-likeness (QED) is 0.878. The van der Waals surface area contributed by atoms with Crippen LogP contribution in [0.25, 0.3) is 0 Å². The Morgan fingerprint density at radius 3 is 2.59 bits per heavy atom. The largest absolute Gasteiger partial charge is 0.326 e. The van der Waals surface area contributed by atoms with E-state index in [9.17, 15) is 9.59 Å². The summed E-state index contributed by atoms with van der Waals surface area (Å²) in [6, 6.07) is 16.0. The Bertz CT molecular complexity index is 874. The number of anilines is 2. The molecule has 2 aromatic carbocycles. The van der Waals surface area contributed by atoms with E-state index < -0.39 is 0 Å². The maximum Gasteiger partial charge on any atom is 0.230 e. The summed E-state index contributed by atoms with van der Waals surface area (Å²) in [5.41, 5.74) is 4.23. The molecule has 140 valence electrons. The summed E-state index contributed by atoms with van der Waals surface area (Å²) in [6.45, 7) is 4.97. The molecule has 0 aromatic heterocycles. The number of hydrogen-bond acceptors (Lipinski definition) is 2. The van der Waals surface area contributed by atoms with E-state index >= 15 is 0 Å². The van der Waals surface area contributed by atoms with Gasteiger partial charge in [0.1, 0.15) is 0 Å². The van der Waals surface area contributed by atoms with Crippen molar-refractivity contribution in [2.24, 2.45) is 11.8 Å². The van der Waals surface area contributed by atoms with Gasteiger partial charge in [-0.05, 0) is 48.4 Å². The van der Waals surface area contributed by atoms with Crippen LogP contribution in [0.3, 0.4) is 0 Å². The minimum atomic E-state index is -0.216. The minimum Gasteiger partial charge on any atom is -0.326 e. The molecule has 1 heterocycles. The number of benzene rings is 2. The first-order chi connectivity index (χ1) is 13.1. The highest BCUT2D eigenvalue weighted by Gasteiger charge is 2.50. The molecular weight excluding hydrogens is 336 g/mol. The fraction of sp³-hybridized carbons (Fsp3) is 0.391. The summed E-state index contributed by atoms with van der Waals surface area (Å²) in [4.78, 5) is 27.6. The summed E-state index contributed by atoms with van der Waals surface area (Å²) in [5.74, 6) is -0.0108. The number of aryl methyl sites for hydroxylation is 1. The van der Waals surface area contributed by atoms with Gasteiger partial charge in [0.15, 0.2) is 0 Å². The van der Waals surface area contributed by atoms with Crippen molar-refractivity contribution < 1.29 is 9.59 Å². The molecule has 1 saturated carbocycles. The molecule has 0 saturated heterocycles. The molecule has 1 N–H and O–H groups in total. The Balaban J connectivity index is 1.44. The van der Waals surface area contributed by atoms with E-state index in [1.165, 1.54) is 5.56 Å². The average molecular weight is 362 g/mol. The van der Waals surface area contributed by atoms with Crippen molar-refractivity contribution in [3.05, 3.63) is 59.7 Å². The molecule has 2 unspecified atom stereocenters. The Kier molecular flexibility index (Phi) is 4.73. The Labute approximate surface area is 160 Å². The summed E-state index contributed by atoms with van der Waals surface area (Å²) in [6.07, 6.45) is 2.64. The fourth-order valence-corrected chi connectivity index (χ4v) is 4.06. The van der Waals surface area contributed by atoms with E-state index in [1.54, 1.807) is 0 Å².